The van der Waals surface area contributed by atoms with Crippen LogP contribution in [0.4, 0.5) is 0 Å². The fourth-order valence-electron chi connectivity index (χ4n) is 2.18. The highest BCUT2D eigenvalue weighted by Gasteiger charge is 2.07. The number of fused-ring (bicyclic) bond motifs is 1. The van der Waals surface area contributed by atoms with Crippen molar-refractivity contribution in [2.24, 2.45) is 0 Å². The second kappa shape index (κ2) is 5.15. The first-order chi connectivity index (χ1) is 9.25. The van der Waals surface area contributed by atoms with Gasteiger partial charge in [0.15, 0.2) is 4.77 Å². The van der Waals surface area contributed by atoms with Gasteiger partial charge in [-0.1, -0.05) is 23.7 Å². The van der Waals surface area contributed by atoms with Gasteiger partial charge in [0.2, 0.25) is 0 Å². The average molecular weight is 290 g/mol. The lowest BCUT2D eigenvalue weighted by Crippen LogP contribution is -2.01. The minimum atomic E-state index is 0.701. The number of nitrogens with one attached hydrogen (secondary N) is 1. The van der Waals surface area contributed by atoms with E-state index in [-0.39, 0.29) is 0 Å². The summed E-state index contributed by atoms with van der Waals surface area (Å²) >= 11 is 11.6. The Morgan fingerprint density at radius 1 is 1.26 bits per heavy atom. The van der Waals surface area contributed by atoms with Crippen LogP contribution >= 0.6 is 23.8 Å². The standard InChI is InChI=1S/C14H12ClN3S/c15-11-4-1-5-12-13(11)18(14(19)17-12)8-6-10-3-2-7-16-9-10/h1-5,7,9H,6,8H2,(H,17,19). The van der Waals surface area contributed by atoms with E-state index in [1.165, 1.54) is 5.56 Å². The molecule has 96 valence electrons. The van der Waals surface area contributed by atoms with Crippen molar-refractivity contribution in [3.8, 4) is 0 Å². The topological polar surface area (TPSA) is 33.6 Å². The zero-order chi connectivity index (χ0) is 13.2. The summed E-state index contributed by atoms with van der Waals surface area (Å²) in [5.74, 6) is 0. The number of halogens is 1. The lowest BCUT2D eigenvalue weighted by molar-refractivity contribution is 0.705. The van der Waals surface area contributed by atoms with Gasteiger partial charge in [0.05, 0.1) is 16.1 Å². The molecule has 1 N–H and O–H groups in total. The Morgan fingerprint density at radius 2 is 2.16 bits per heavy atom. The van der Waals surface area contributed by atoms with Crippen molar-refractivity contribution in [1.82, 2.24) is 14.5 Å². The Hall–Kier alpha value is -1.65. The van der Waals surface area contributed by atoms with Crippen LogP contribution in [0.2, 0.25) is 5.02 Å². The molecule has 2 aromatic heterocycles. The molecule has 19 heavy (non-hydrogen) atoms. The van der Waals surface area contributed by atoms with Crippen molar-refractivity contribution >= 4 is 34.9 Å². The number of aryl methyl sites for hydroxylation is 2. The minimum absolute atomic E-state index is 0.701. The summed E-state index contributed by atoms with van der Waals surface area (Å²) < 4.78 is 2.74. The molecule has 0 unspecified atom stereocenters. The first-order valence-corrected chi connectivity index (χ1v) is 6.80. The summed E-state index contributed by atoms with van der Waals surface area (Å²) in [5, 5.41) is 0.719. The van der Waals surface area contributed by atoms with Crippen LogP contribution in [0.3, 0.4) is 0 Å². The molecule has 0 aliphatic carbocycles. The highest BCUT2D eigenvalue weighted by atomic mass is 35.5. The number of imidazole rings is 1. The Bertz CT molecular complexity index is 761. The molecule has 0 fully saturated rings. The normalized spacial score (nSPS) is 11.0. The van der Waals surface area contributed by atoms with Gasteiger partial charge in [-0.25, -0.2) is 0 Å². The van der Waals surface area contributed by atoms with Gasteiger partial charge in [-0.05, 0) is 42.4 Å². The molecular weight excluding hydrogens is 278 g/mol. The number of nitrogens with zero attached hydrogens (tertiary/aromatic N) is 2. The minimum Gasteiger partial charge on any atom is -0.331 e. The van der Waals surface area contributed by atoms with Crippen LogP contribution in [0.1, 0.15) is 5.56 Å². The molecular formula is C14H12ClN3S. The Labute approximate surface area is 120 Å². The van der Waals surface area contributed by atoms with Crippen LogP contribution in [0, 0.1) is 4.77 Å². The van der Waals surface area contributed by atoms with E-state index < -0.39 is 0 Å². The van der Waals surface area contributed by atoms with Gasteiger partial charge in [-0.3, -0.25) is 4.98 Å². The van der Waals surface area contributed by atoms with E-state index in [2.05, 4.69) is 16.0 Å². The summed E-state index contributed by atoms with van der Waals surface area (Å²) in [4.78, 5) is 7.30. The fourth-order valence-corrected chi connectivity index (χ4v) is 2.74. The van der Waals surface area contributed by atoms with Crippen LogP contribution in [0.5, 0.6) is 0 Å². The van der Waals surface area contributed by atoms with Gasteiger partial charge in [0, 0.05) is 18.9 Å². The summed E-state index contributed by atoms with van der Waals surface area (Å²) in [5.41, 5.74) is 3.13. The highest BCUT2D eigenvalue weighted by molar-refractivity contribution is 7.71. The lowest BCUT2D eigenvalue weighted by atomic mass is 10.2. The lowest BCUT2D eigenvalue weighted by Gasteiger charge is -2.05. The van der Waals surface area contributed by atoms with Crippen molar-refractivity contribution in [3.05, 3.63) is 58.1 Å². The molecule has 1 aromatic carbocycles. The monoisotopic (exact) mass is 289 g/mol. The number of aromatic amines is 1. The summed E-state index contributed by atoms with van der Waals surface area (Å²) in [7, 11) is 0. The number of pyridine rings is 1. The molecule has 0 aliphatic rings. The predicted molar refractivity (Wildman–Crippen MR) is 80.1 cm³/mol. The number of H-pyrrole nitrogens is 1. The smallest absolute Gasteiger partial charge is 0.178 e. The van der Waals surface area contributed by atoms with E-state index in [0.717, 1.165) is 29.0 Å². The molecule has 0 radical (unpaired) electrons. The maximum atomic E-state index is 6.26. The van der Waals surface area contributed by atoms with E-state index >= 15 is 0 Å². The Kier molecular flexibility index (Phi) is 3.36. The molecule has 0 amide bonds. The maximum Gasteiger partial charge on any atom is 0.178 e. The molecule has 0 spiro atoms. The molecule has 0 atom stereocenters. The van der Waals surface area contributed by atoms with Gasteiger partial charge < -0.3 is 9.55 Å². The molecule has 3 rings (SSSR count). The Balaban J connectivity index is 1.97. The highest BCUT2D eigenvalue weighted by Crippen LogP contribution is 2.23. The zero-order valence-electron chi connectivity index (χ0n) is 10.1. The second-order valence-corrected chi connectivity index (χ2v) is 5.12. The van der Waals surface area contributed by atoms with E-state index in [0.29, 0.717) is 4.77 Å². The summed E-state index contributed by atoms with van der Waals surface area (Å²) in [6.07, 6.45) is 4.53. The predicted octanol–water partition coefficient (Wildman–Crippen LogP) is 3.99. The largest absolute Gasteiger partial charge is 0.331 e. The number of aromatic nitrogens is 3. The van der Waals surface area contributed by atoms with Crippen LogP contribution in [-0.4, -0.2) is 14.5 Å². The third-order valence-corrected chi connectivity index (χ3v) is 3.72. The van der Waals surface area contributed by atoms with Crippen molar-refractivity contribution in [1.29, 1.82) is 0 Å². The first kappa shape index (κ1) is 12.4. The van der Waals surface area contributed by atoms with Gasteiger partial charge in [0.1, 0.15) is 0 Å². The van der Waals surface area contributed by atoms with Crippen LogP contribution < -0.4 is 0 Å². The molecule has 0 aliphatic heterocycles. The van der Waals surface area contributed by atoms with Gasteiger partial charge in [-0.2, -0.15) is 0 Å². The SMILES string of the molecule is S=c1[nH]c2cccc(Cl)c2n1CCc1cccnc1. The average Bonchev–Trinajstić information content (AvgIpc) is 2.75. The molecule has 3 nitrogen and oxygen atoms in total. The summed E-state index contributed by atoms with van der Waals surface area (Å²) in [6, 6.07) is 9.79. The van der Waals surface area contributed by atoms with Crippen molar-refractivity contribution in [2.45, 2.75) is 13.0 Å². The molecule has 5 heteroatoms. The fraction of sp³-hybridized carbons (Fsp3) is 0.143. The molecule has 0 saturated heterocycles. The van der Waals surface area contributed by atoms with E-state index in [1.807, 2.05) is 35.0 Å². The summed E-state index contributed by atoms with van der Waals surface area (Å²) in [6.45, 7) is 0.786. The van der Waals surface area contributed by atoms with Crippen LogP contribution in [-0.2, 0) is 13.0 Å². The van der Waals surface area contributed by atoms with Crippen molar-refractivity contribution < 1.29 is 0 Å². The molecule has 0 bridgehead atoms. The van der Waals surface area contributed by atoms with Crippen LogP contribution in [0.25, 0.3) is 11.0 Å². The number of rotatable bonds is 3. The Morgan fingerprint density at radius 3 is 2.95 bits per heavy atom. The van der Waals surface area contributed by atoms with Crippen LogP contribution in [0.15, 0.2) is 42.7 Å². The second-order valence-electron chi connectivity index (χ2n) is 4.33. The van der Waals surface area contributed by atoms with Crippen molar-refractivity contribution in [3.63, 3.8) is 0 Å². The van der Waals surface area contributed by atoms with Gasteiger partial charge in [-0.15, -0.1) is 0 Å². The third-order valence-electron chi connectivity index (χ3n) is 3.09. The third kappa shape index (κ3) is 2.41. The number of benzene rings is 1. The van der Waals surface area contributed by atoms with E-state index in [4.69, 9.17) is 23.8 Å². The van der Waals surface area contributed by atoms with Gasteiger partial charge >= 0.3 is 0 Å². The number of para-hydroxylation sites is 1. The van der Waals surface area contributed by atoms with E-state index in [1.54, 1.807) is 6.20 Å². The number of hydrogen-bond acceptors (Lipinski definition) is 2. The molecule has 0 saturated carbocycles. The maximum absolute atomic E-state index is 6.26. The molecule has 2 heterocycles. The van der Waals surface area contributed by atoms with Crippen molar-refractivity contribution in [2.75, 3.05) is 0 Å². The van der Waals surface area contributed by atoms with E-state index in [9.17, 15) is 0 Å². The number of hydrogen-bond donors (Lipinski definition) is 1. The van der Waals surface area contributed by atoms with Gasteiger partial charge in [0.25, 0.3) is 0 Å². The quantitative estimate of drug-likeness (QED) is 0.740. The molecule has 3 aromatic rings. The first-order valence-electron chi connectivity index (χ1n) is 6.01. The zero-order valence-corrected chi connectivity index (χ0v) is 11.7.